The predicted molar refractivity (Wildman–Crippen MR) is 454 cm³/mol. The first-order valence-corrected chi connectivity index (χ1v) is 42.2. The lowest BCUT2D eigenvalue weighted by atomic mass is 10.1. The number of sulfonamides is 1. The summed E-state index contributed by atoms with van der Waals surface area (Å²) >= 11 is 0. The molecule has 0 bridgehead atoms. The van der Waals surface area contributed by atoms with Gasteiger partial charge in [0.2, 0.25) is 10.0 Å². The van der Waals surface area contributed by atoms with Crippen molar-refractivity contribution in [2.24, 2.45) is 0 Å². The molecule has 0 spiro atoms. The van der Waals surface area contributed by atoms with Crippen LogP contribution in [0.3, 0.4) is 0 Å². The number of urea groups is 1. The number of hydrogen-bond acceptors (Lipinski definition) is 14. The zero-order valence-corrected chi connectivity index (χ0v) is 70.1. The molecule has 0 saturated heterocycles. The van der Waals surface area contributed by atoms with E-state index in [9.17, 15) is 42.0 Å². The fourth-order valence-corrected chi connectivity index (χ4v) is 17.8. The van der Waals surface area contributed by atoms with E-state index >= 15 is 0 Å². The number of benzene rings is 7. The van der Waals surface area contributed by atoms with Gasteiger partial charge < -0.3 is 62.0 Å². The number of hydrogen-bond donors (Lipinski definition) is 1. The maximum Gasteiger partial charge on any atom is 0.410 e. The predicted octanol–water partition coefficient (Wildman–Crippen LogP) is 16.4. The molecular formula is C93H109N9O14S. The van der Waals surface area contributed by atoms with Crippen molar-refractivity contribution in [3.8, 4) is 0 Å². The van der Waals surface area contributed by atoms with Gasteiger partial charge in [-0.25, -0.2) is 18.0 Å². The summed E-state index contributed by atoms with van der Waals surface area (Å²) in [7, 11) is -3.60. The number of carbonyl (C=O) groups excluding carboxylic acids is 7. The fourth-order valence-electron chi connectivity index (χ4n) is 16.3. The molecule has 8 heterocycles. The number of nitrogens with zero attached hydrogens (tertiary/aromatic N) is 8. The second kappa shape index (κ2) is 38.1. The first-order valence-electron chi connectivity index (χ1n) is 40.8. The van der Waals surface area contributed by atoms with E-state index in [1.54, 1.807) is 40.4 Å². The second-order valence-corrected chi connectivity index (χ2v) is 33.1. The molecule has 0 aliphatic carbocycles. The highest BCUT2D eigenvalue weighted by molar-refractivity contribution is 7.89. The minimum atomic E-state index is -3.60. The highest BCUT2D eigenvalue weighted by Crippen LogP contribution is 2.38. The van der Waals surface area contributed by atoms with Crippen LogP contribution in [0, 0.1) is 27.7 Å². The average molecular weight is 1610 g/mol. The maximum absolute atomic E-state index is 13.3. The lowest BCUT2D eigenvalue weighted by molar-refractivity contribution is -0.144. The van der Waals surface area contributed by atoms with Gasteiger partial charge in [-0.3, -0.25) is 24.0 Å². The minimum absolute atomic E-state index is 0.0531. The quantitative estimate of drug-likeness (QED) is 0.0698. The lowest BCUT2D eigenvalue weighted by Gasteiger charge is -2.26. The summed E-state index contributed by atoms with van der Waals surface area (Å²) in [6.45, 7) is 27.5. The van der Waals surface area contributed by atoms with Gasteiger partial charge in [-0.05, 0) is 218 Å². The largest absolute Gasteiger partial charge is 0.465 e. The van der Waals surface area contributed by atoms with Crippen molar-refractivity contribution in [1.29, 1.82) is 0 Å². The maximum atomic E-state index is 13.3. The number of aromatic nitrogens is 4. The molecule has 1 N–H and O–H groups in total. The van der Waals surface area contributed by atoms with Gasteiger partial charge in [-0.15, -0.1) is 0 Å². The van der Waals surface area contributed by atoms with E-state index in [4.69, 9.17) is 23.7 Å². The number of fused-ring (bicyclic) bond motifs is 12. The van der Waals surface area contributed by atoms with Crippen molar-refractivity contribution in [1.82, 2.24) is 37.3 Å². The molecular weight excluding hydrogens is 1500 g/mol. The van der Waals surface area contributed by atoms with Crippen LogP contribution in [0.25, 0.3) is 43.6 Å². The van der Waals surface area contributed by atoms with Crippen LogP contribution in [0.5, 0.6) is 0 Å². The van der Waals surface area contributed by atoms with Crippen LogP contribution in [0.1, 0.15) is 152 Å². The molecule has 4 aliphatic rings. The van der Waals surface area contributed by atoms with E-state index in [1.807, 2.05) is 142 Å². The minimum Gasteiger partial charge on any atom is -0.465 e. The Hall–Kier alpha value is -11.5. The van der Waals surface area contributed by atoms with Crippen molar-refractivity contribution >= 4 is 101 Å². The van der Waals surface area contributed by atoms with Crippen LogP contribution in [0.15, 0.2) is 169 Å². The van der Waals surface area contributed by atoms with Gasteiger partial charge in [0.25, 0.3) is 5.91 Å². The standard InChI is InChI=1S/C24H27N3O3.C24H26N2O3.C23H26N2O4S.C22H30N2O4/c1-3-30-23(28)16-27-21-10-7-13-26(24(29)25-18-8-5-4-6-9-18)15-20(21)19-14-17(2)11-12-22(19)27;1-3-29-23(27)16-26-21-10-7-13-25(24(28)18-8-5-4-6-9-18)15-20(21)19-14-17(2)11-12-22(19)26;1-3-29-23(26)16-25-21-10-7-13-24(30(27,28)18-8-5-4-6-9-18)15-20(21)19-14-17(2)11-12-22(19)25;1-6-27-20(25)14-24-18-8-7-11-23(21(26)28-22(3,4)5)13-17(18)16-12-15(2)9-10-19(16)24/h4-6,8-9,11-12,14H,3,7,10,13,15-16H2,1-2H3,(H,25,29);4-6,8-9,11-12,14H,3,7,10,13,15-16H2,1-2H3;4-6,8-9,11-12,14H,3,7,10,13,15-16H2,1-2H3;9-10,12H,6-8,11,13-14H2,1-5H3. The van der Waals surface area contributed by atoms with E-state index in [1.165, 1.54) is 5.56 Å². The van der Waals surface area contributed by atoms with Gasteiger partial charge in [0.15, 0.2) is 0 Å². The molecule has 0 radical (unpaired) electrons. The van der Waals surface area contributed by atoms with Crippen LogP contribution >= 0.6 is 0 Å². The number of anilines is 1. The Labute approximate surface area is 685 Å². The van der Waals surface area contributed by atoms with Crippen molar-refractivity contribution in [2.45, 2.75) is 190 Å². The van der Waals surface area contributed by atoms with E-state index in [2.05, 4.69) is 100 Å². The summed E-state index contributed by atoms with van der Waals surface area (Å²) < 4.78 is 62.7. The van der Waals surface area contributed by atoms with Gasteiger partial charge in [0.05, 0.1) is 37.9 Å². The van der Waals surface area contributed by atoms with Crippen molar-refractivity contribution < 1.29 is 65.7 Å². The second-order valence-electron chi connectivity index (χ2n) is 31.1. The van der Waals surface area contributed by atoms with Gasteiger partial charge in [0.1, 0.15) is 31.8 Å². The Balaban J connectivity index is 0.000000144. The Morgan fingerprint density at radius 2 is 0.718 bits per heavy atom. The van der Waals surface area contributed by atoms with Gasteiger partial charge in [-0.2, -0.15) is 4.31 Å². The number of nitrogens with one attached hydrogen (secondary N) is 1. The molecule has 24 heteroatoms. The number of carbonyl (C=O) groups is 7. The highest BCUT2D eigenvalue weighted by atomic mass is 32.2. The Kier molecular flexibility index (Phi) is 27.6. The van der Waals surface area contributed by atoms with Gasteiger partial charge >= 0.3 is 36.0 Å². The van der Waals surface area contributed by atoms with Crippen LogP contribution in [0.2, 0.25) is 0 Å². The average Bonchev–Trinajstić information content (AvgIpc) is 1.61. The molecule has 0 saturated carbocycles. The summed E-state index contributed by atoms with van der Waals surface area (Å²) in [6.07, 6.45) is 6.10. The highest BCUT2D eigenvalue weighted by Gasteiger charge is 2.34. The first-order chi connectivity index (χ1) is 56.2. The molecule has 0 fully saturated rings. The molecule has 0 unspecified atom stereocenters. The Morgan fingerprint density at radius 1 is 0.393 bits per heavy atom. The molecule has 0 atom stereocenters. The molecule has 15 rings (SSSR count). The molecule has 4 amide bonds. The molecule has 4 aromatic heterocycles. The van der Waals surface area contributed by atoms with Crippen molar-refractivity contribution in [3.05, 3.63) is 237 Å². The monoisotopic (exact) mass is 1610 g/mol. The van der Waals surface area contributed by atoms with Crippen LogP contribution in [-0.4, -0.2) is 146 Å². The summed E-state index contributed by atoms with van der Waals surface area (Å²) in [5, 5.41) is 7.32. The zero-order chi connectivity index (χ0) is 83.2. The molecule has 11 aromatic rings. The van der Waals surface area contributed by atoms with Gasteiger partial charge in [0, 0.05) is 140 Å². The summed E-state index contributed by atoms with van der Waals surface area (Å²) in [4.78, 5) is 93.5. The Morgan fingerprint density at radius 3 is 1.09 bits per heavy atom. The molecule has 4 aliphatic heterocycles. The van der Waals surface area contributed by atoms with Crippen molar-refractivity contribution in [2.75, 3.05) is 57.9 Å². The van der Waals surface area contributed by atoms with Crippen LogP contribution < -0.4 is 5.32 Å². The topological polar surface area (TPSA) is 244 Å². The molecule has 616 valence electrons. The zero-order valence-electron chi connectivity index (χ0n) is 69.3. The molecule has 117 heavy (non-hydrogen) atoms. The summed E-state index contributed by atoms with van der Waals surface area (Å²) in [6, 6.07) is 52.3. The van der Waals surface area contributed by atoms with E-state index in [0.29, 0.717) is 102 Å². The fraction of sp³-hybridized carbons (Fsp3) is 0.387. The smallest absolute Gasteiger partial charge is 0.410 e. The number of para-hydroxylation sites is 1. The number of rotatable bonds is 16. The summed E-state index contributed by atoms with van der Waals surface area (Å²) in [5.74, 6) is -0.931. The number of aryl methyl sites for hydroxylation is 4. The van der Waals surface area contributed by atoms with Crippen LogP contribution in [-0.2, 0) is 131 Å². The molecule has 23 nitrogen and oxygen atoms in total. The number of amides is 4. The third-order valence-electron chi connectivity index (χ3n) is 21.5. The third kappa shape index (κ3) is 20.1. The third-order valence-corrected chi connectivity index (χ3v) is 23.4. The number of ether oxygens (including phenoxy) is 5. The summed E-state index contributed by atoms with van der Waals surface area (Å²) in [5.41, 5.74) is 18.3. The number of esters is 4. The van der Waals surface area contributed by atoms with Crippen LogP contribution in [0.4, 0.5) is 15.3 Å². The van der Waals surface area contributed by atoms with Gasteiger partial charge in [-0.1, -0.05) is 101 Å². The first kappa shape index (κ1) is 84.9. The molecule has 7 aromatic carbocycles. The van der Waals surface area contributed by atoms with E-state index in [-0.39, 0.29) is 68.1 Å². The van der Waals surface area contributed by atoms with E-state index < -0.39 is 15.6 Å². The SMILES string of the molecule is CCOC(=O)Cn1c2c(c3cc(C)ccc31)CN(C(=O)Nc1ccccc1)CCC2.CCOC(=O)Cn1c2c(c3cc(C)ccc31)CN(C(=O)OC(C)(C)C)CCC2.CCOC(=O)Cn1c2c(c3cc(C)ccc31)CN(C(=O)c1ccccc1)CCC2.CCOC(=O)Cn1c2c(c3cc(C)ccc31)CN(S(=O)(=O)c1ccccc1)CCC2. The normalized spacial score (nSPS) is 14.2. The van der Waals surface area contributed by atoms with Crippen molar-refractivity contribution in [3.63, 3.8) is 0 Å². The Bertz CT molecular complexity index is 5560. The lowest BCUT2D eigenvalue weighted by Crippen LogP contribution is -2.36. The van der Waals surface area contributed by atoms with E-state index in [0.717, 1.165) is 150 Å².